The van der Waals surface area contributed by atoms with Crippen LogP contribution in [0.15, 0.2) is 28.8 Å². The van der Waals surface area contributed by atoms with Crippen molar-refractivity contribution in [3.63, 3.8) is 0 Å². The minimum absolute atomic E-state index is 0.232. The number of piperidine rings is 1. The minimum Gasteiger partial charge on any atom is -0.355 e. The summed E-state index contributed by atoms with van der Waals surface area (Å²) < 4.78 is 29.4. The largest absolute Gasteiger partial charge is 0.355 e. The van der Waals surface area contributed by atoms with Crippen LogP contribution in [-0.2, 0) is 9.47 Å². The molecule has 3 heterocycles. The van der Waals surface area contributed by atoms with E-state index in [4.69, 9.17) is 14.0 Å². The summed E-state index contributed by atoms with van der Waals surface area (Å²) in [5.74, 6) is 1.14. The molecule has 6 nitrogen and oxygen atoms in total. The predicted molar refractivity (Wildman–Crippen MR) is 88.4 cm³/mol. The molecular formula is C18H22FN3O3. The molecule has 0 aliphatic carbocycles. The fourth-order valence-corrected chi connectivity index (χ4v) is 3.47. The summed E-state index contributed by atoms with van der Waals surface area (Å²) in [6, 6.07) is 6.14. The molecular weight excluding hydrogens is 325 g/mol. The maximum atomic E-state index is 13.0. The molecule has 7 heteroatoms. The van der Waals surface area contributed by atoms with Crippen molar-refractivity contribution >= 4 is 0 Å². The van der Waals surface area contributed by atoms with Crippen LogP contribution in [0.3, 0.4) is 0 Å². The Morgan fingerprint density at radius 2 is 2.08 bits per heavy atom. The molecule has 4 rings (SSSR count). The molecule has 0 spiro atoms. The van der Waals surface area contributed by atoms with Crippen molar-refractivity contribution in [3.05, 3.63) is 36.0 Å². The molecule has 2 aromatic rings. The van der Waals surface area contributed by atoms with Gasteiger partial charge in [-0.05, 0) is 50.1 Å². The lowest BCUT2D eigenvalue weighted by atomic mass is 9.97. The first kappa shape index (κ1) is 16.6. The highest BCUT2D eigenvalue weighted by molar-refractivity contribution is 5.53. The standard InChI is InChI=1S/C18H22FN3O3/c19-15-5-3-13(4-6-15)17-20-18(25-21-17)14-2-1-8-22(10-14)11-16-7-9-23-12-24-16/h3-6,14,16H,1-2,7-12H2/t14-,16-/m0/s1. The van der Waals surface area contributed by atoms with Crippen LogP contribution in [-0.4, -0.2) is 54.2 Å². The van der Waals surface area contributed by atoms with Gasteiger partial charge in [-0.1, -0.05) is 5.16 Å². The van der Waals surface area contributed by atoms with Crippen molar-refractivity contribution in [3.8, 4) is 11.4 Å². The molecule has 2 aliphatic heterocycles. The van der Waals surface area contributed by atoms with E-state index in [1.54, 1.807) is 12.1 Å². The molecule has 2 atom stereocenters. The first-order valence-corrected chi connectivity index (χ1v) is 8.79. The van der Waals surface area contributed by atoms with Crippen molar-refractivity contribution in [1.82, 2.24) is 15.0 Å². The van der Waals surface area contributed by atoms with Crippen molar-refractivity contribution < 1.29 is 18.4 Å². The molecule has 2 fully saturated rings. The summed E-state index contributed by atoms with van der Waals surface area (Å²) in [5.41, 5.74) is 0.764. The van der Waals surface area contributed by atoms with E-state index >= 15 is 0 Å². The van der Waals surface area contributed by atoms with E-state index < -0.39 is 0 Å². The highest BCUT2D eigenvalue weighted by atomic mass is 19.1. The van der Waals surface area contributed by atoms with Gasteiger partial charge in [0.15, 0.2) is 0 Å². The molecule has 25 heavy (non-hydrogen) atoms. The van der Waals surface area contributed by atoms with E-state index in [9.17, 15) is 4.39 Å². The number of ether oxygens (including phenoxy) is 2. The fraction of sp³-hybridized carbons (Fsp3) is 0.556. The second-order valence-electron chi connectivity index (χ2n) is 6.67. The van der Waals surface area contributed by atoms with Crippen LogP contribution in [0, 0.1) is 5.82 Å². The van der Waals surface area contributed by atoms with Crippen molar-refractivity contribution in [1.29, 1.82) is 0 Å². The Kier molecular flexibility index (Phi) is 5.05. The van der Waals surface area contributed by atoms with Gasteiger partial charge in [-0.3, -0.25) is 4.90 Å². The number of rotatable bonds is 4. The quantitative estimate of drug-likeness (QED) is 0.848. The van der Waals surface area contributed by atoms with Crippen LogP contribution in [0.4, 0.5) is 4.39 Å². The predicted octanol–water partition coefficient (Wildman–Crippen LogP) is 2.82. The van der Waals surface area contributed by atoms with Crippen LogP contribution < -0.4 is 0 Å². The van der Waals surface area contributed by atoms with Crippen LogP contribution >= 0.6 is 0 Å². The second kappa shape index (κ2) is 7.59. The molecule has 0 amide bonds. The van der Waals surface area contributed by atoms with Crippen LogP contribution in [0.25, 0.3) is 11.4 Å². The zero-order valence-electron chi connectivity index (χ0n) is 14.1. The molecule has 134 valence electrons. The van der Waals surface area contributed by atoms with Gasteiger partial charge in [0.1, 0.15) is 12.6 Å². The first-order valence-electron chi connectivity index (χ1n) is 8.79. The van der Waals surface area contributed by atoms with E-state index in [0.717, 1.165) is 51.1 Å². The zero-order valence-corrected chi connectivity index (χ0v) is 14.1. The van der Waals surface area contributed by atoms with Gasteiger partial charge in [0.25, 0.3) is 0 Å². The molecule has 2 saturated heterocycles. The summed E-state index contributed by atoms with van der Waals surface area (Å²) >= 11 is 0. The molecule has 1 aromatic carbocycles. The van der Waals surface area contributed by atoms with Crippen molar-refractivity contribution in [2.24, 2.45) is 0 Å². The van der Waals surface area contributed by atoms with E-state index in [-0.39, 0.29) is 17.8 Å². The van der Waals surface area contributed by atoms with E-state index in [1.165, 1.54) is 12.1 Å². The lowest BCUT2D eigenvalue weighted by molar-refractivity contribution is -0.145. The topological polar surface area (TPSA) is 60.6 Å². The molecule has 0 saturated carbocycles. The summed E-state index contributed by atoms with van der Waals surface area (Å²) in [7, 11) is 0. The molecule has 0 unspecified atom stereocenters. The molecule has 2 aliphatic rings. The van der Waals surface area contributed by atoms with Gasteiger partial charge in [0.05, 0.1) is 18.6 Å². The van der Waals surface area contributed by atoms with Gasteiger partial charge in [-0.25, -0.2) is 4.39 Å². The Bertz CT molecular complexity index is 685. The van der Waals surface area contributed by atoms with E-state index in [0.29, 0.717) is 18.5 Å². The van der Waals surface area contributed by atoms with Crippen molar-refractivity contribution in [2.75, 3.05) is 33.0 Å². The fourth-order valence-electron chi connectivity index (χ4n) is 3.47. The van der Waals surface area contributed by atoms with Gasteiger partial charge in [-0.2, -0.15) is 4.98 Å². The SMILES string of the molecule is Fc1ccc(-c2noc([C@H]3CCCN(C[C@@H]4CCOCO4)C3)n2)cc1. The monoisotopic (exact) mass is 347 g/mol. The number of likely N-dealkylation sites (tertiary alicyclic amines) is 1. The summed E-state index contributed by atoms with van der Waals surface area (Å²) in [6.45, 7) is 4.04. The minimum atomic E-state index is -0.272. The molecule has 1 aromatic heterocycles. The van der Waals surface area contributed by atoms with Gasteiger partial charge >= 0.3 is 0 Å². The Morgan fingerprint density at radius 1 is 1.20 bits per heavy atom. The smallest absolute Gasteiger partial charge is 0.231 e. The van der Waals surface area contributed by atoms with Gasteiger partial charge in [0, 0.05) is 18.7 Å². The van der Waals surface area contributed by atoms with Gasteiger partial charge in [-0.15, -0.1) is 0 Å². The Morgan fingerprint density at radius 3 is 2.88 bits per heavy atom. The van der Waals surface area contributed by atoms with E-state index in [2.05, 4.69) is 15.0 Å². The van der Waals surface area contributed by atoms with E-state index in [1.807, 2.05) is 0 Å². The third kappa shape index (κ3) is 4.05. The molecule has 0 bridgehead atoms. The lowest BCUT2D eigenvalue weighted by Gasteiger charge is -2.34. The number of hydrogen-bond acceptors (Lipinski definition) is 6. The highest BCUT2D eigenvalue weighted by Crippen LogP contribution is 2.28. The van der Waals surface area contributed by atoms with Crippen LogP contribution in [0.1, 0.15) is 31.1 Å². The highest BCUT2D eigenvalue weighted by Gasteiger charge is 2.28. The van der Waals surface area contributed by atoms with Crippen molar-refractivity contribution in [2.45, 2.75) is 31.3 Å². The van der Waals surface area contributed by atoms with Gasteiger partial charge < -0.3 is 14.0 Å². The number of nitrogens with zero attached hydrogens (tertiary/aromatic N) is 3. The zero-order chi connectivity index (χ0) is 17.1. The lowest BCUT2D eigenvalue weighted by Crippen LogP contribution is -2.42. The van der Waals surface area contributed by atoms with Gasteiger partial charge in [0.2, 0.25) is 11.7 Å². The van der Waals surface area contributed by atoms with Crippen LogP contribution in [0.5, 0.6) is 0 Å². The number of benzene rings is 1. The third-order valence-electron chi connectivity index (χ3n) is 4.83. The summed E-state index contributed by atoms with van der Waals surface area (Å²) in [5, 5.41) is 4.06. The normalized spacial score (nSPS) is 25.2. The Balaban J connectivity index is 1.40. The van der Waals surface area contributed by atoms with Crippen LogP contribution in [0.2, 0.25) is 0 Å². The number of halogens is 1. The maximum absolute atomic E-state index is 13.0. The average Bonchev–Trinajstić information content (AvgIpc) is 3.14. The summed E-state index contributed by atoms with van der Waals surface area (Å²) in [6.07, 6.45) is 3.32. The number of aromatic nitrogens is 2. The Labute approximate surface area is 145 Å². The molecule has 0 radical (unpaired) electrons. The first-order chi connectivity index (χ1) is 12.3. The maximum Gasteiger partial charge on any atom is 0.231 e. The second-order valence-corrected chi connectivity index (χ2v) is 6.67. The molecule has 0 N–H and O–H groups in total. The Hall–Kier alpha value is -1.83. The summed E-state index contributed by atoms with van der Waals surface area (Å²) in [4.78, 5) is 6.95. The average molecular weight is 347 g/mol. The third-order valence-corrected chi connectivity index (χ3v) is 4.83. The number of hydrogen-bond donors (Lipinski definition) is 0.